The monoisotopic (exact) mass is 328 g/mol. The molecule has 1 heterocycles. The quantitative estimate of drug-likeness (QED) is 0.884. The molecule has 0 aliphatic rings. The number of halogens is 1. The molecule has 2 aromatic rings. The Morgan fingerprint density at radius 1 is 1.29 bits per heavy atom. The highest BCUT2D eigenvalue weighted by atomic mass is 35.5. The van der Waals surface area contributed by atoms with Gasteiger partial charge in [0.15, 0.2) is 0 Å². The lowest BCUT2D eigenvalue weighted by Crippen LogP contribution is -2.14. The molecule has 7 heteroatoms. The highest BCUT2D eigenvalue weighted by molar-refractivity contribution is 7.92. The van der Waals surface area contributed by atoms with Crippen LogP contribution in [0.1, 0.15) is 17.1 Å². The van der Waals surface area contributed by atoms with Crippen LogP contribution in [-0.2, 0) is 16.6 Å². The van der Waals surface area contributed by atoms with Crippen molar-refractivity contribution in [2.75, 3.05) is 11.8 Å². The van der Waals surface area contributed by atoms with Gasteiger partial charge in [-0.1, -0.05) is 17.7 Å². The van der Waals surface area contributed by atoms with Crippen LogP contribution >= 0.6 is 11.6 Å². The molecule has 2 rings (SSSR count). The number of hydrogen-bond donors (Lipinski definition) is 2. The number of rotatable bonds is 5. The fourth-order valence-corrected chi connectivity index (χ4v) is 3.47. The standard InChI is InChI=1S/C14H17ClN2O3S/c1-9-12(15)5-4-6-13(9)17-21(18,19)14-7-11(8-16-3)20-10(14)2/h4-7,16-17H,8H2,1-3H3. The first-order valence-corrected chi connectivity index (χ1v) is 8.23. The summed E-state index contributed by atoms with van der Waals surface area (Å²) in [6.07, 6.45) is 0. The molecule has 1 aromatic carbocycles. The van der Waals surface area contributed by atoms with E-state index in [2.05, 4.69) is 10.0 Å². The fourth-order valence-electron chi connectivity index (χ4n) is 1.97. The molecule has 0 fully saturated rings. The van der Waals surface area contributed by atoms with E-state index in [1.165, 1.54) is 6.07 Å². The predicted molar refractivity (Wildman–Crippen MR) is 83.2 cm³/mol. The second kappa shape index (κ2) is 6.09. The van der Waals surface area contributed by atoms with Crippen LogP contribution in [0.4, 0.5) is 5.69 Å². The van der Waals surface area contributed by atoms with Crippen molar-refractivity contribution in [1.29, 1.82) is 0 Å². The normalized spacial score (nSPS) is 11.6. The Hall–Kier alpha value is -1.50. The van der Waals surface area contributed by atoms with E-state index in [0.717, 1.165) is 0 Å². The van der Waals surface area contributed by atoms with Crippen molar-refractivity contribution < 1.29 is 12.8 Å². The van der Waals surface area contributed by atoms with Crippen molar-refractivity contribution in [3.63, 3.8) is 0 Å². The number of anilines is 1. The van der Waals surface area contributed by atoms with Crippen LogP contribution in [0.5, 0.6) is 0 Å². The molecular weight excluding hydrogens is 312 g/mol. The summed E-state index contributed by atoms with van der Waals surface area (Å²) in [5.41, 5.74) is 1.14. The molecule has 0 amide bonds. The minimum atomic E-state index is -3.71. The van der Waals surface area contributed by atoms with Crippen LogP contribution in [0.25, 0.3) is 0 Å². The number of sulfonamides is 1. The Bertz CT molecular complexity index is 754. The van der Waals surface area contributed by atoms with E-state index >= 15 is 0 Å². The van der Waals surface area contributed by atoms with Crippen molar-refractivity contribution in [2.45, 2.75) is 25.3 Å². The van der Waals surface area contributed by atoms with Gasteiger partial charge in [-0.3, -0.25) is 4.72 Å². The summed E-state index contributed by atoms with van der Waals surface area (Å²) < 4.78 is 32.9. The number of hydrogen-bond acceptors (Lipinski definition) is 4. The number of aryl methyl sites for hydroxylation is 1. The summed E-state index contributed by atoms with van der Waals surface area (Å²) in [7, 11) is -1.95. The van der Waals surface area contributed by atoms with Gasteiger partial charge in [0.2, 0.25) is 0 Å². The molecule has 2 N–H and O–H groups in total. The van der Waals surface area contributed by atoms with Gasteiger partial charge in [-0.2, -0.15) is 0 Å². The van der Waals surface area contributed by atoms with Crippen LogP contribution in [0, 0.1) is 13.8 Å². The van der Waals surface area contributed by atoms with Gasteiger partial charge in [0, 0.05) is 11.1 Å². The summed E-state index contributed by atoms with van der Waals surface area (Å²) in [4.78, 5) is 0.132. The molecule has 0 radical (unpaired) electrons. The Morgan fingerprint density at radius 2 is 2.00 bits per heavy atom. The number of furan rings is 1. The Balaban J connectivity index is 2.36. The second-order valence-electron chi connectivity index (χ2n) is 4.68. The highest BCUT2D eigenvalue weighted by Crippen LogP contribution is 2.27. The van der Waals surface area contributed by atoms with Gasteiger partial charge in [-0.25, -0.2) is 8.42 Å². The molecule has 0 aliphatic carbocycles. The van der Waals surface area contributed by atoms with E-state index in [0.29, 0.717) is 34.3 Å². The molecule has 5 nitrogen and oxygen atoms in total. The van der Waals surface area contributed by atoms with Gasteiger partial charge in [0.1, 0.15) is 16.4 Å². The Labute approximate surface area is 129 Å². The average Bonchev–Trinajstić information content (AvgIpc) is 2.77. The zero-order valence-electron chi connectivity index (χ0n) is 12.0. The van der Waals surface area contributed by atoms with E-state index in [4.69, 9.17) is 16.0 Å². The lowest BCUT2D eigenvalue weighted by atomic mass is 10.2. The predicted octanol–water partition coefficient (Wildman–Crippen LogP) is 3.07. The molecule has 0 unspecified atom stereocenters. The van der Waals surface area contributed by atoms with E-state index in [1.807, 2.05) is 0 Å². The lowest BCUT2D eigenvalue weighted by Gasteiger charge is -2.10. The molecule has 0 saturated heterocycles. The summed E-state index contributed by atoms with van der Waals surface area (Å²) in [5, 5.41) is 3.43. The van der Waals surface area contributed by atoms with Gasteiger partial charge in [-0.05, 0) is 38.6 Å². The van der Waals surface area contributed by atoms with E-state index in [9.17, 15) is 8.42 Å². The smallest absolute Gasteiger partial charge is 0.265 e. The zero-order valence-corrected chi connectivity index (χ0v) is 13.6. The number of benzene rings is 1. The Kier molecular flexibility index (Phi) is 4.61. The summed E-state index contributed by atoms with van der Waals surface area (Å²) in [6, 6.07) is 6.60. The van der Waals surface area contributed by atoms with Gasteiger partial charge >= 0.3 is 0 Å². The lowest BCUT2D eigenvalue weighted by molar-refractivity contribution is 0.466. The van der Waals surface area contributed by atoms with Gasteiger partial charge in [0.25, 0.3) is 10.0 Å². The summed E-state index contributed by atoms with van der Waals surface area (Å²) in [5.74, 6) is 0.922. The molecule has 0 spiro atoms. The minimum Gasteiger partial charge on any atom is -0.464 e. The van der Waals surface area contributed by atoms with Crippen LogP contribution in [0.2, 0.25) is 5.02 Å². The van der Waals surface area contributed by atoms with E-state index in [-0.39, 0.29) is 4.90 Å². The molecule has 114 valence electrons. The first-order valence-electron chi connectivity index (χ1n) is 6.37. The SMILES string of the molecule is CNCc1cc(S(=O)(=O)Nc2cccc(Cl)c2C)c(C)o1. The maximum atomic E-state index is 12.5. The Morgan fingerprint density at radius 3 is 2.67 bits per heavy atom. The third-order valence-electron chi connectivity index (χ3n) is 3.08. The first-order chi connectivity index (χ1) is 9.85. The highest BCUT2D eigenvalue weighted by Gasteiger charge is 2.22. The molecule has 0 aliphatic heterocycles. The summed E-state index contributed by atoms with van der Waals surface area (Å²) in [6.45, 7) is 3.85. The van der Waals surface area contributed by atoms with Crippen molar-refractivity contribution in [3.05, 3.63) is 46.4 Å². The minimum absolute atomic E-state index is 0.132. The molecule has 0 bridgehead atoms. The fraction of sp³-hybridized carbons (Fsp3) is 0.286. The molecule has 0 saturated carbocycles. The van der Waals surface area contributed by atoms with E-state index in [1.54, 1.807) is 39.1 Å². The molecule has 21 heavy (non-hydrogen) atoms. The van der Waals surface area contributed by atoms with Crippen molar-refractivity contribution in [3.8, 4) is 0 Å². The van der Waals surface area contributed by atoms with Crippen molar-refractivity contribution in [1.82, 2.24) is 5.32 Å². The molecule has 0 atom stereocenters. The van der Waals surface area contributed by atoms with Gasteiger partial charge in [-0.15, -0.1) is 0 Å². The number of nitrogens with one attached hydrogen (secondary N) is 2. The third kappa shape index (κ3) is 3.40. The summed E-state index contributed by atoms with van der Waals surface area (Å²) >= 11 is 6.00. The van der Waals surface area contributed by atoms with Crippen LogP contribution in [0.15, 0.2) is 33.6 Å². The van der Waals surface area contributed by atoms with Gasteiger partial charge < -0.3 is 9.73 Å². The second-order valence-corrected chi connectivity index (χ2v) is 6.74. The maximum Gasteiger partial charge on any atom is 0.265 e. The largest absolute Gasteiger partial charge is 0.464 e. The molecule has 1 aromatic heterocycles. The first kappa shape index (κ1) is 15.9. The van der Waals surface area contributed by atoms with Crippen molar-refractivity contribution in [2.24, 2.45) is 0 Å². The third-order valence-corrected chi connectivity index (χ3v) is 4.96. The van der Waals surface area contributed by atoms with Crippen LogP contribution in [0.3, 0.4) is 0 Å². The van der Waals surface area contributed by atoms with Gasteiger partial charge in [0.05, 0.1) is 12.2 Å². The molecular formula is C14H17ClN2O3S. The van der Waals surface area contributed by atoms with Crippen LogP contribution < -0.4 is 10.0 Å². The van der Waals surface area contributed by atoms with Crippen molar-refractivity contribution >= 4 is 27.3 Å². The zero-order chi connectivity index (χ0) is 15.6. The van der Waals surface area contributed by atoms with Crippen LogP contribution in [-0.4, -0.2) is 15.5 Å². The van der Waals surface area contributed by atoms with E-state index < -0.39 is 10.0 Å². The average molecular weight is 329 g/mol. The maximum absolute atomic E-state index is 12.5. The topological polar surface area (TPSA) is 71.3 Å².